The van der Waals surface area contributed by atoms with Crippen LogP contribution in [-0.2, 0) is 0 Å². The average molecular weight is 403 g/mol. The molecule has 0 unspecified atom stereocenters. The summed E-state index contributed by atoms with van der Waals surface area (Å²) in [6.07, 6.45) is 2.34. The lowest BCUT2D eigenvalue weighted by molar-refractivity contribution is 0.221. The summed E-state index contributed by atoms with van der Waals surface area (Å²) >= 11 is 13.5. The zero-order chi connectivity index (χ0) is 18.1. The number of rotatable bonds is 4. The summed E-state index contributed by atoms with van der Waals surface area (Å²) < 4.78 is 0. The summed E-state index contributed by atoms with van der Waals surface area (Å²) in [7, 11) is 0. The number of benzene rings is 1. The van der Waals surface area contributed by atoms with Crippen molar-refractivity contribution in [2.24, 2.45) is 0 Å². The highest BCUT2D eigenvalue weighted by Crippen LogP contribution is 2.41. The van der Waals surface area contributed by atoms with Crippen LogP contribution in [0, 0.1) is 0 Å². The van der Waals surface area contributed by atoms with Crippen molar-refractivity contribution in [2.45, 2.75) is 6.10 Å². The molecule has 0 saturated heterocycles. The molecule has 130 valence electrons. The number of aromatic amines is 1. The molecule has 0 radical (unpaired) electrons. The van der Waals surface area contributed by atoms with Gasteiger partial charge < -0.3 is 10.1 Å². The number of nitrogens with one attached hydrogen (secondary N) is 1. The van der Waals surface area contributed by atoms with Crippen LogP contribution in [0.2, 0.25) is 10.2 Å². The molecule has 1 aromatic carbocycles. The molecule has 26 heavy (non-hydrogen) atoms. The van der Waals surface area contributed by atoms with Crippen LogP contribution in [0.15, 0.2) is 55.0 Å². The first-order valence-electron chi connectivity index (χ1n) is 7.67. The van der Waals surface area contributed by atoms with Crippen LogP contribution in [0.3, 0.4) is 0 Å². The van der Waals surface area contributed by atoms with Crippen LogP contribution < -0.4 is 0 Å². The molecule has 4 rings (SSSR count). The van der Waals surface area contributed by atoms with Gasteiger partial charge in [0.05, 0.1) is 4.88 Å². The third-order valence-electron chi connectivity index (χ3n) is 3.88. The van der Waals surface area contributed by atoms with E-state index in [1.165, 1.54) is 17.7 Å². The lowest BCUT2D eigenvalue weighted by Gasteiger charge is -2.11. The molecule has 0 aliphatic heterocycles. The molecule has 0 amide bonds. The van der Waals surface area contributed by atoms with Gasteiger partial charge >= 0.3 is 0 Å². The Labute approximate surface area is 163 Å². The Morgan fingerprint density at radius 1 is 1.08 bits per heavy atom. The van der Waals surface area contributed by atoms with E-state index in [1.807, 2.05) is 12.1 Å². The van der Waals surface area contributed by atoms with E-state index in [2.05, 4.69) is 20.2 Å². The monoisotopic (exact) mass is 402 g/mol. The predicted molar refractivity (Wildman–Crippen MR) is 103 cm³/mol. The van der Waals surface area contributed by atoms with Crippen molar-refractivity contribution in [3.8, 4) is 21.1 Å². The summed E-state index contributed by atoms with van der Waals surface area (Å²) in [5.41, 5.74) is 2.40. The number of H-pyrrole nitrogens is 1. The highest BCUT2D eigenvalue weighted by molar-refractivity contribution is 7.19. The second kappa shape index (κ2) is 7.17. The van der Waals surface area contributed by atoms with E-state index in [-0.39, 0.29) is 0 Å². The quantitative estimate of drug-likeness (QED) is 0.471. The predicted octanol–water partition coefficient (Wildman–Crippen LogP) is 4.98. The van der Waals surface area contributed by atoms with Gasteiger partial charge in [0, 0.05) is 21.7 Å². The van der Waals surface area contributed by atoms with Crippen LogP contribution in [0.25, 0.3) is 21.1 Å². The molecule has 0 aliphatic rings. The lowest BCUT2D eigenvalue weighted by Crippen LogP contribution is -2.00. The van der Waals surface area contributed by atoms with Gasteiger partial charge in [0.2, 0.25) is 0 Å². The first-order valence-corrected chi connectivity index (χ1v) is 9.24. The zero-order valence-electron chi connectivity index (χ0n) is 13.2. The Morgan fingerprint density at radius 3 is 2.58 bits per heavy atom. The van der Waals surface area contributed by atoms with Crippen LogP contribution >= 0.6 is 34.5 Å². The zero-order valence-corrected chi connectivity index (χ0v) is 15.6. The normalized spacial score (nSPS) is 12.3. The molecular weight excluding hydrogens is 391 g/mol. The summed E-state index contributed by atoms with van der Waals surface area (Å²) in [5, 5.41) is 19.9. The fourth-order valence-corrected chi connectivity index (χ4v) is 4.07. The van der Waals surface area contributed by atoms with E-state index >= 15 is 0 Å². The van der Waals surface area contributed by atoms with Crippen LogP contribution in [0.1, 0.15) is 17.2 Å². The number of thiophene rings is 1. The van der Waals surface area contributed by atoms with E-state index in [1.54, 1.807) is 36.5 Å². The number of halogens is 2. The molecule has 0 fully saturated rings. The maximum absolute atomic E-state index is 10.9. The fraction of sp³-hybridized carbons (Fsp3) is 0.0556. The molecule has 3 heterocycles. The Hall–Kier alpha value is -2.25. The van der Waals surface area contributed by atoms with Gasteiger partial charge in [-0.15, -0.1) is 21.5 Å². The number of hydrogen-bond acceptors (Lipinski definition) is 5. The van der Waals surface area contributed by atoms with Crippen molar-refractivity contribution in [3.05, 3.63) is 76.3 Å². The summed E-state index contributed by atoms with van der Waals surface area (Å²) in [6.45, 7) is 0. The molecule has 1 atom stereocenters. The van der Waals surface area contributed by atoms with Gasteiger partial charge in [-0.1, -0.05) is 35.3 Å². The van der Waals surface area contributed by atoms with Gasteiger partial charge in [0.25, 0.3) is 0 Å². The van der Waals surface area contributed by atoms with Crippen LogP contribution in [-0.4, -0.2) is 25.3 Å². The maximum Gasteiger partial charge on any atom is 0.171 e. The van der Waals surface area contributed by atoms with Crippen LogP contribution in [0.4, 0.5) is 0 Å². The number of aliphatic hydroxyl groups is 1. The number of nitrogens with zero attached hydrogens (tertiary/aromatic N) is 3. The average Bonchev–Trinajstić information content (AvgIpc) is 3.31. The second-order valence-corrected chi connectivity index (χ2v) is 7.43. The summed E-state index contributed by atoms with van der Waals surface area (Å²) in [6, 6.07) is 12.7. The maximum atomic E-state index is 10.9. The van der Waals surface area contributed by atoms with Gasteiger partial charge in [-0.3, -0.25) is 0 Å². The van der Waals surface area contributed by atoms with E-state index in [9.17, 15) is 5.11 Å². The van der Waals surface area contributed by atoms with Crippen LogP contribution in [0.5, 0.6) is 0 Å². The lowest BCUT2D eigenvalue weighted by atomic mass is 10.0. The third kappa shape index (κ3) is 3.37. The summed E-state index contributed by atoms with van der Waals surface area (Å²) in [5.74, 6) is 0.601. The number of hydrogen-bond donors (Lipinski definition) is 2. The van der Waals surface area contributed by atoms with Gasteiger partial charge in [-0.25, -0.2) is 4.98 Å². The highest BCUT2D eigenvalue weighted by Gasteiger charge is 2.22. The minimum atomic E-state index is -0.824. The minimum absolute atomic E-state index is 0.414. The molecular formula is C18H12Cl2N4OS. The van der Waals surface area contributed by atoms with Crippen molar-refractivity contribution in [1.29, 1.82) is 0 Å². The van der Waals surface area contributed by atoms with Crippen molar-refractivity contribution < 1.29 is 5.11 Å². The fourth-order valence-electron chi connectivity index (χ4n) is 2.63. The SMILES string of the molecule is O[C@H](c1ccc(Cl)cc1)c1cc(-c2ccnc(Cl)c2)sc1-c1nnc[nH]1. The number of aliphatic hydroxyl groups excluding tert-OH is 1. The molecule has 8 heteroatoms. The van der Waals surface area contributed by atoms with E-state index in [0.717, 1.165) is 26.4 Å². The topological polar surface area (TPSA) is 74.7 Å². The van der Waals surface area contributed by atoms with Gasteiger partial charge in [0.1, 0.15) is 17.6 Å². The van der Waals surface area contributed by atoms with E-state index in [4.69, 9.17) is 23.2 Å². The molecule has 2 N–H and O–H groups in total. The Balaban J connectivity index is 1.83. The highest BCUT2D eigenvalue weighted by atomic mass is 35.5. The summed E-state index contributed by atoms with van der Waals surface area (Å²) in [4.78, 5) is 8.78. The Kier molecular flexibility index (Phi) is 4.74. The standard InChI is InChI=1S/C18H12Cl2N4OS/c19-12-3-1-10(2-4-12)16(25)13-8-14(11-5-6-21-15(20)7-11)26-17(13)18-22-9-23-24-18/h1-9,16,25H,(H,22,23,24)/t16-/m1/s1. The van der Waals surface area contributed by atoms with Crippen molar-refractivity contribution in [3.63, 3.8) is 0 Å². The Morgan fingerprint density at radius 2 is 1.88 bits per heavy atom. The molecule has 0 spiro atoms. The molecule has 4 aromatic rings. The molecule has 5 nitrogen and oxygen atoms in total. The van der Waals surface area contributed by atoms with Gasteiger partial charge in [-0.05, 0) is 41.5 Å². The van der Waals surface area contributed by atoms with Gasteiger partial charge in [-0.2, -0.15) is 0 Å². The second-order valence-electron chi connectivity index (χ2n) is 5.55. The first-order chi connectivity index (χ1) is 12.6. The van der Waals surface area contributed by atoms with E-state index in [0.29, 0.717) is 16.0 Å². The largest absolute Gasteiger partial charge is 0.384 e. The Bertz CT molecular complexity index is 1030. The molecule has 3 aromatic heterocycles. The van der Waals surface area contributed by atoms with Gasteiger partial charge in [0.15, 0.2) is 5.82 Å². The number of aromatic nitrogens is 4. The molecule has 0 saturated carbocycles. The minimum Gasteiger partial charge on any atom is -0.384 e. The molecule has 0 bridgehead atoms. The van der Waals surface area contributed by atoms with E-state index < -0.39 is 6.10 Å². The smallest absolute Gasteiger partial charge is 0.171 e. The number of pyridine rings is 1. The van der Waals surface area contributed by atoms with Crippen molar-refractivity contribution in [1.82, 2.24) is 20.2 Å². The van der Waals surface area contributed by atoms with Crippen molar-refractivity contribution in [2.75, 3.05) is 0 Å². The van der Waals surface area contributed by atoms with Crippen molar-refractivity contribution >= 4 is 34.5 Å². The molecule has 0 aliphatic carbocycles. The first kappa shape index (κ1) is 17.2. The third-order valence-corrected chi connectivity index (χ3v) is 5.55.